The monoisotopic (exact) mass is 246 g/mol. The van der Waals surface area contributed by atoms with E-state index in [2.05, 4.69) is 44.3 Å². The summed E-state index contributed by atoms with van der Waals surface area (Å²) in [6.45, 7) is 7.69. The van der Waals surface area contributed by atoms with Crippen LogP contribution in [0.4, 0.5) is 0 Å². The van der Waals surface area contributed by atoms with Crippen molar-refractivity contribution in [1.29, 1.82) is 5.26 Å². The first-order chi connectivity index (χ1) is 8.60. The molecule has 3 nitrogen and oxygen atoms in total. The number of hydrogen-bond acceptors (Lipinski definition) is 3. The van der Waals surface area contributed by atoms with Crippen molar-refractivity contribution in [2.45, 2.75) is 33.1 Å². The van der Waals surface area contributed by atoms with E-state index in [9.17, 15) is 0 Å². The Labute approximate surface area is 110 Å². The van der Waals surface area contributed by atoms with Crippen LogP contribution in [0.15, 0.2) is 12.1 Å². The maximum Gasteiger partial charge on any atom is 0.122 e. The van der Waals surface area contributed by atoms with Crippen LogP contribution in [0.3, 0.4) is 0 Å². The number of nitriles is 1. The number of benzene rings is 1. The van der Waals surface area contributed by atoms with Crippen molar-refractivity contribution in [1.82, 2.24) is 5.32 Å². The fraction of sp³-hybridized carbons (Fsp3) is 0.533. The summed E-state index contributed by atoms with van der Waals surface area (Å²) in [6, 6.07) is 6.42. The molecule has 0 aromatic heterocycles. The van der Waals surface area contributed by atoms with Crippen molar-refractivity contribution >= 4 is 0 Å². The molecule has 3 heteroatoms. The van der Waals surface area contributed by atoms with Gasteiger partial charge in [-0.25, -0.2) is 0 Å². The molecule has 1 N–H and O–H groups in total. The first-order valence-electron chi connectivity index (χ1n) is 6.35. The highest BCUT2D eigenvalue weighted by Crippen LogP contribution is 2.29. The maximum atomic E-state index is 8.47. The number of hydrogen-bond donors (Lipinski definition) is 1. The Kier molecular flexibility index (Phi) is 5.67. The van der Waals surface area contributed by atoms with Crippen LogP contribution in [0, 0.1) is 18.3 Å². The van der Waals surface area contributed by atoms with Gasteiger partial charge in [0.2, 0.25) is 0 Å². The minimum Gasteiger partial charge on any atom is -0.496 e. The molecule has 0 amide bonds. The summed E-state index contributed by atoms with van der Waals surface area (Å²) in [6.07, 6.45) is 0.942. The van der Waals surface area contributed by atoms with E-state index < -0.39 is 0 Å². The molecule has 0 unspecified atom stereocenters. The Balaban J connectivity index is 2.85. The van der Waals surface area contributed by atoms with Crippen molar-refractivity contribution in [2.24, 2.45) is 0 Å². The fourth-order valence-corrected chi connectivity index (χ4v) is 2.01. The molecule has 1 aromatic carbocycles. The van der Waals surface area contributed by atoms with E-state index >= 15 is 0 Å². The molecular formula is C15H22N2O. The third-order valence-corrected chi connectivity index (χ3v) is 3.09. The largest absolute Gasteiger partial charge is 0.496 e. The zero-order chi connectivity index (χ0) is 13.5. The predicted molar refractivity (Wildman–Crippen MR) is 74.0 cm³/mol. The number of methoxy groups -OCH3 is 1. The van der Waals surface area contributed by atoms with Gasteiger partial charge in [0.05, 0.1) is 19.7 Å². The summed E-state index contributed by atoms with van der Waals surface area (Å²) in [5.74, 6) is 1.42. The molecule has 0 atom stereocenters. The van der Waals surface area contributed by atoms with Gasteiger partial charge in [-0.2, -0.15) is 5.26 Å². The average Bonchev–Trinajstić information content (AvgIpc) is 2.35. The van der Waals surface area contributed by atoms with Crippen LogP contribution in [0.1, 0.15) is 36.5 Å². The van der Waals surface area contributed by atoms with E-state index in [1.54, 1.807) is 7.11 Å². The van der Waals surface area contributed by atoms with Crippen molar-refractivity contribution in [3.05, 3.63) is 28.8 Å². The van der Waals surface area contributed by atoms with Gasteiger partial charge in [0.15, 0.2) is 0 Å². The van der Waals surface area contributed by atoms with Crippen LogP contribution in [0.25, 0.3) is 0 Å². The molecule has 0 aliphatic heterocycles. The zero-order valence-corrected chi connectivity index (χ0v) is 11.7. The van der Waals surface area contributed by atoms with Gasteiger partial charge in [-0.3, -0.25) is 0 Å². The standard InChI is InChI=1S/C15H22N2O/c1-11(2)14-10-13(5-7-17-8-6-16)12(3)9-15(14)18-4/h9-11,17H,5,7-8H2,1-4H3. The second-order valence-electron chi connectivity index (χ2n) is 4.76. The Morgan fingerprint density at radius 1 is 1.39 bits per heavy atom. The van der Waals surface area contributed by atoms with E-state index in [1.807, 2.05) is 0 Å². The lowest BCUT2D eigenvalue weighted by atomic mass is 9.95. The normalized spacial score (nSPS) is 10.4. The van der Waals surface area contributed by atoms with E-state index in [1.165, 1.54) is 16.7 Å². The highest BCUT2D eigenvalue weighted by atomic mass is 16.5. The van der Waals surface area contributed by atoms with Crippen LogP contribution < -0.4 is 10.1 Å². The molecule has 0 spiro atoms. The fourth-order valence-electron chi connectivity index (χ4n) is 2.01. The van der Waals surface area contributed by atoms with Gasteiger partial charge in [-0.15, -0.1) is 0 Å². The zero-order valence-electron chi connectivity index (χ0n) is 11.7. The molecular weight excluding hydrogens is 224 g/mol. The predicted octanol–water partition coefficient (Wildman–Crippen LogP) is 2.78. The van der Waals surface area contributed by atoms with Crippen molar-refractivity contribution in [2.75, 3.05) is 20.2 Å². The van der Waals surface area contributed by atoms with Crippen molar-refractivity contribution in [3.8, 4) is 11.8 Å². The molecule has 0 bridgehead atoms. The Morgan fingerprint density at radius 3 is 2.67 bits per heavy atom. The molecule has 0 aliphatic rings. The van der Waals surface area contributed by atoms with Gasteiger partial charge >= 0.3 is 0 Å². The van der Waals surface area contributed by atoms with Gasteiger partial charge in [-0.1, -0.05) is 19.9 Å². The van der Waals surface area contributed by atoms with Gasteiger partial charge in [-0.05, 0) is 42.0 Å². The van der Waals surface area contributed by atoms with E-state index in [0.717, 1.165) is 18.7 Å². The average molecular weight is 246 g/mol. The highest BCUT2D eigenvalue weighted by molar-refractivity contribution is 5.44. The lowest BCUT2D eigenvalue weighted by Crippen LogP contribution is -2.17. The molecule has 0 saturated heterocycles. The van der Waals surface area contributed by atoms with Crippen LogP contribution in [0.2, 0.25) is 0 Å². The Bertz CT molecular complexity index is 433. The second kappa shape index (κ2) is 7.03. The number of nitrogens with zero attached hydrogens (tertiary/aromatic N) is 1. The van der Waals surface area contributed by atoms with Gasteiger partial charge in [0, 0.05) is 6.54 Å². The minimum absolute atomic E-state index is 0.409. The molecule has 0 aliphatic carbocycles. The number of nitrogens with one attached hydrogen (secondary N) is 1. The van der Waals surface area contributed by atoms with Crippen LogP contribution >= 0.6 is 0 Å². The van der Waals surface area contributed by atoms with Crippen LogP contribution in [-0.2, 0) is 6.42 Å². The molecule has 1 rings (SSSR count). The van der Waals surface area contributed by atoms with Crippen molar-refractivity contribution in [3.63, 3.8) is 0 Å². The molecule has 0 saturated carbocycles. The summed E-state index contributed by atoms with van der Waals surface area (Å²) in [5, 5.41) is 11.6. The molecule has 18 heavy (non-hydrogen) atoms. The Morgan fingerprint density at radius 2 is 2.11 bits per heavy atom. The minimum atomic E-state index is 0.409. The second-order valence-corrected chi connectivity index (χ2v) is 4.76. The van der Waals surface area contributed by atoms with Crippen molar-refractivity contribution < 1.29 is 4.74 Å². The molecule has 0 fully saturated rings. The SMILES string of the molecule is COc1cc(C)c(CCNCC#N)cc1C(C)C. The van der Waals surface area contributed by atoms with E-state index in [0.29, 0.717) is 12.5 Å². The Hall–Kier alpha value is -1.53. The summed E-state index contributed by atoms with van der Waals surface area (Å²) < 4.78 is 5.43. The quantitative estimate of drug-likeness (QED) is 0.620. The number of ether oxygens (including phenoxy) is 1. The lowest BCUT2D eigenvalue weighted by Gasteiger charge is -2.16. The molecule has 0 radical (unpaired) electrons. The third-order valence-electron chi connectivity index (χ3n) is 3.09. The smallest absolute Gasteiger partial charge is 0.122 e. The van der Waals surface area contributed by atoms with Crippen LogP contribution in [0.5, 0.6) is 5.75 Å². The first kappa shape index (κ1) is 14.5. The third kappa shape index (κ3) is 3.75. The topological polar surface area (TPSA) is 45.0 Å². The maximum absolute atomic E-state index is 8.47. The van der Waals surface area contributed by atoms with Gasteiger partial charge in [0.1, 0.15) is 5.75 Å². The first-order valence-corrected chi connectivity index (χ1v) is 6.35. The summed E-state index contributed by atoms with van der Waals surface area (Å²) in [7, 11) is 1.72. The van der Waals surface area contributed by atoms with Gasteiger partial charge < -0.3 is 10.1 Å². The van der Waals surface area contributed by atoms with E-state index in [4.69, 9.17) is 10.00 Å². The highest BCUT2D eigenvalue weighted by Gasteiger charge is 2.10. The lowest BCUT2D eigenvalue weighted by molar-refractivity contribution is 0.407. The van der Waals surface area contributed by atoms with E-state index in [-0.39, 0.29) is 0 Å². The van der Waals surface area contributed by atoms with Crippen LogP contribution in [-0.4, -0.2) is 20.2 Å². The summed E-state index contributed by atoms with van der Waals surface area (Å²) >= 11 is 0. The van der Waals surface area contributed by atoms with Gasteiger partial charge in [0.25, 0.3) is 0 Å². The summed E-state index contributed by atoms with van der Waals surface area (Å²) in [5.41, 5.74) is 3.82. The summed E-state index contributed by atoms with van der Waals surface area (Å²) in [4.78, 5) is 0. The molecule has 98 valence electrons. The molecule has 0 heterocycles. The number of rotatable bonds is 6. The molecule has 1 aromatic rings. The number of aryl methyl sites for hydroxylation is 1.